The molecule has 0 fully saturated rings. The smallest absolute Gasteiger partial charge is 0.229 e. The van der Waals surface area contributed by atoms with Crippen LogP contribution >= 0.6 is 0 Å². The van der Waals surface area contributed by atoms with E-state index in [-0.39, 0.29) is 0 Å². The van der Waals surface area contributed by atoms with Crippen molar-refractivity contribution in [2.75, 3.05) is 24.9 Å². The van der Waals surface area contributed by atoms with Crippen LogP contribution in [0, 0.1) is 0 Å². The zero-order valence-electron chi connectivity index (χ0n) is 16.0. The van der Waals surface area contributed by atoms with Crippen molar-refractivity contribution in [1.29, 1.82) is 0 Å². The summed E-state index contributed by atoms with van der Waals surface area (Å²) < 4.78 is 10.7. The molecule has 0 saturated carbocycles. The molecule has 0 saturated heterocycles. The molecule has 1 heterocycles. The maximum Gasteiger partial charge on any atom is 0.229 e. The van der Waals surface area contributed by atoms with E-state index in [2.05, 4.69) is 40.5 Å². The zero-order valence-corrected chi connectivity index (χ0v) is 16.0. The molecule has 27 heavy (non-hydrogen) atoms. The molecule has 3 rings (SSSR count). The third-order valence-corrected chi connectivity index (χ3v) is 4.16. The first-order chi connectivity index (χ1) is 13.1. The fraction of sp³-hybridized carbons (Fsp3) is 0.238. The number of rotatable bonds is 7. The summed E-state index contributed by atoms with van der Waals surface area (Å²) in [4.78, 5) is 8.89. The van der Waals surface area contributed by atoms with Gasteiger partial charge in [-0.15, -0.1) is 0 Å². The van der Waals surface area contributed by atoms with Crippen molar-refractivity contribution >= 4 is 23.1 Å². The fourth-order valence-electron chi connectivity index (χ4n) is 2.76. The van der Waals surface area contributed by atoms with Gasteiger partial charge in [-0.3, -0.25) is 0 Å². The quantitative estimate of drug-likeness (QED) is 0.607. The number of hydrogen-bond donors (Lipinski definition) is 2. The van der Waals surface area contributed by atoms with Crippen LogP contribution in [0.3, 0.4) is 0 Å². The lowest BCUT2D eigenvalue weighted by Crippen LogP contribution is -2.03. The Kier molecular flexibility index (Phi) is 5.76. The molecule has 6 nitrogen and oxygen atoms in total. The number of aromatic nitrogens is 2. The van der Waals surface area contributed by atoms with Crippen molar-refractivity contribution in [1.82, 2.24) is 9.97 Å². The summed E-state index contributed by atoms with van der Waals surface area (Å²) in [5.41, 5.74) is 3.02. The van der Waals surface area contributed by atoms with Gasteiger partial charge in [-0.05, 0) is 35.7 Å². The predicted octanol–water partition coefficient (Wildman–Crippen LogP) is 5.10. The van der Waals surface area contributed by atoms with Crippen LogP contribution in [0.25, 0.3) is 0 Å². The number of benzene rings is 2. The SMILES string of the molecule is COc1ccc(Nc2ccnc(Nc3ccccc3C(C)C)n2)c(OC)c1. The Morgan fingerprint density at radius 1 is 0.889 bits per heavy atom. The lowest BCUT2D eigenvalue weighted by atomic mass is 10.0. The van der Waals surface area contributed by atoms with E-state index in [1.807, 2.05) is 42.5 Å². The van der Waals surface area contributed by atoms with Crippen LogP contribution in [-0.4, -0.2) is 24.2 Å². The summed E-state index contributed by atoms with van der Waals surface area (Å²) in [6.45, 7) is 4.32. The summed E-state index contributed by atoms with van der Waals surface area (Å²) in [5, 5.41) is 6.58. The molecule has 0 radical (unpaired) electrons. The van der Waals surface area contributed by atoms with Gasteiger partial charge in [0.15, 0.2) is 0 Å². The highest BCUT2D eigenvalue weighted by molar-refractivity contribution is 5.67. The summed E-state index contributed by atoms with van der Waals surface area (Å²) in [6, 6.07) is 15.6. The molecule has 0 aliphatic heterocycles. The summed E-state index contributed by atoms with van der Waals surface area (Å²) in [7, 11) is 3.25. The highest BCUT2D eigenvalue weighted by Gasteiger charge is 2.09. The third-order valence-electron chi connectivity index (χ3n) is 4.16. The van der Waals surface area contributed by atoms with Crippen molar-refractivity contribution in [2.45, 2.75) is 19.8 Å². The molecule has 0 bridgehead atoms. The van der Waals surface area contributed by atoms with E-state index in [0.717, 1.165) is 17.1 Å². The van der Waals surface area contributed by atoms with Crippen molar-refractivity contribution in [3.8, 4) is 11.5 Å². The standard InChI is InChI=1S/C21H24N4O2/c1-14(2)16-7-5-6-8-17(16)24-21-22-12-11-20(25-21)23-18-10-9-15(26-3)13-19(18)27-4/h5-14H,1-4H3,(H2,22,23,24,25). The van der Waals surface area contributed by atoms with Gasteiger partial charge in [0.1, 0.15) is 17.3 Å². The van der Waals surface area contributed by atoms with Gasteiger partial charge in [-0.1, -0.05) is 32.0 Å². The molecule has 140 valence electrons. The van der Waals surface area contributed by atoms with E-state index in [1.54, 1.807) is 20.4 Å². The van der Waals surface area contributed by atoms with Crippen LogP contribution in [0.2, 0.25) is 0 Å². The van der Waals surface area contributed by atoms with Crippen molar-refractivity contribution in [3.63, 3.8) is 0 Å². The average molecular weight is 364 g/mol. The number of nitrogens with one attached hydrogen (secondary N) is 2. The van der Waals surface area contributed by atoms with Crippen LogP contribution < -0.4 is 20.1 Å². The second kappa shape index (κ2) is 8.40. The molecular weight excluding hydrogens is 340 g/mol. The van der Waals surface area contributed by atoms with Gasteiger partial charge in [-0.25, -0.2) is 4.98 Å². The number of methoxy groups -OCH3 is 2. The number of ether oxygens (including phenoxy) is 2. The van der Waals surface area contributed by atoms with Crippen molar-refractivity contribution in [3.05, 3.63) is 60.3 Å². The minimum atomic E-state index is 0.401. The minimum Gasteiger partial charge on any atom is -0.497 e. The topological polar surface area (TPSA) is 68.3 Å². The van der Waals surface area contributed by atoms with Crippen LogP contribution in [0.1, 0.15) is 25.3 Å². The molecule has 2 aromatic carbocycles. The molecule has 0 aliphatic carbocycles. The van der Waals surface area contributed by atoms with Gasteiger partial charge < -0.3 is 20.1 Å². The van der Waals surface area contributed by atoms with Crippen molar-refractivity contribution in [2.24, 2.45) is 0 Å². The largest absolute Gasteiger partial charge is 0.497 e. The van der Waals surface area contributed by atoms with Gasteiger partial charge >= 0.3 is 0 Å². The monoisotopic (exact) mass is 364 g/mol. The molecule has 3 aromatic rings. The Bertz CT molecular complexity index is 912. The first kappa shape index (κ1) is 18.5. The molecule has 6 heteroatoms. The van der Waals surface area contributed by atoms with Crippen LogP contribution in [0.4, 0.5) is 23.1 Å². The lowest BCUT2D eigenvalue weighted by molar-refractivity contribution is 0.395. The Labute approximate surface area is 159 Å². The van der Waals surface area contributed by atoms with Crippen LogP contribution in [0.15, 0.2) is 54.7 Å². The van der Waals surface area contributed by atoms with Gasteiger partial charge in [0, 0.05) is 18.0 Å². The Morgan fingerprint density at radius 3 is 2.44 bits per heavy atom. The predicted molar refractivity (Wildman–Crippen MR) is 109 cm³/mol. The Morgan fingerprint density at radius 2 is 1.70 bits per heavy atom. The second-order valence-electron chi connectivity index (χ2n) is 6.32. The third kappa shape index (κ3) is 4.47. The first-order valence-corrected chi connectivity index (χ1v) is 8.78. The van der Waals surface area contributed by atoms with E-state index < -0.39 is 0 Å². The van der Waals surface area contributed by atoms with E-state index in [9.17, 15) is 0 Å². The summed E-state index contributed by atoms with van der Waals surface area (Å²) >= 11 is 0. The van der Waals surface area contributed by atoms with E-state index >= 15 is 0 Å². The summed E-state index contributed by atoms with van der Waals surface area (Å²) in [5.74, 6) is 3.00. The van der Waals surface area contributed by atoms with Crippen LogP contribution in [0.5, 0.6) is 11.5 Å². The van der Waals surface area contributed by atoms with Gasteiger partial charge in [0.05, 0.1) is 19.9 Å². The maximum absolute atomic E-state index is 5.43. The minimum absolute atomic E-state index is 0.401. The van der Waals surface area contributed by atoms with Gasteiger partial charge in [-0.2, -0.15) is 4.98 Å². The molecule has 0 unspecified atom stereocenters. The molecule has 0 spiro atoms. The number of hydrogen-bond acceptors (Lipinski definition) is 6. The Hall–Kier alpha value is -3.28. The van der Waals surface area contributed by atoms with Gasteiger partial charge in [0.2, 0.25) is 5.95 Å². The van der Waals surface area contributed by atoms with Crippen LogP contribution in [-0.2, 0) is 0 Å². The lowest BCUT2D eigenvalue weighted by Gasteiger charge is -2.15. The molecular formula is C21H24N4O2. The molecule has 0 aliphatic rings. The number of para-hydroxylation sites is 1. The molecule has 1 aromatic heterocycles. The molecule has 2 N–H and O–H groups in total. The van der Waals surface area contributed by atoms with E-state index in [1.165, 1.54) is 5.56 Å². The normalized spacial score (nSPS) is 10.6. The highest BCUT2D eigenvalue weighted by atomic mass is 16.5. The Balaban J connectivity index is 1.83. The number of anilines is 4. The first-order valence-electron chi connectivity index (χ1n) is 8.78. The van der Waals surface area contributed by atoms with Crippen molar-refractivity contribution < 1.29 is 9.47 Å². The second-order valence-corrected chi connectivity index (χ2v) is 6.32. The zero-order chi connectivity index (χ0) is 19.2. The molecule has 0 atom stereocenters. The van der Waals surface area contributed by atoms with Gasteiger partial charge in [0.25, 0.3) is 0 Å². The van der Waals surface area contributed by atoms with E-state index in [4.69, 9.17) is 9.47 Å². The number of nitrogens with zero attached hydrogens (tertiary/aromatic N) is 2. The highest BCUT2D eigenvalue weighted by Crippen LogP contribution is 2.31. The average Bonchev–Trinajstić information content (AvgIpc) is 2.69. The van der Waals surface area contributed by atoms with E-state index in [0.29, 0.717) is 23.4 Å². The summed E-state index contributed by atoms with van der Waals surface area (Å²) in [6.07, 6.45) is 1.71. The maximum atomic E-state index is 5.43. The fourth-order valence-corrected chi connectivity index (χ4v) is 2.76. The molecule has 0 amide bonds.